The van der Waals surface area contributed by atoms with E-state index in [1.165, 1.54) is 4.31 Å². The zero-order valence-electron chi connectivity index (χ0n) is 12.2. The van der Waals surface area contributed by atoms with Crippen molar-refractivity contribution in [1.29, 1.82) is 0 Å². The fraction of sp³-hybridized carbons (Fsp3) is 0.923. The van der Waals surface area contributed by atoms with Gasteiger partial charge >= 0.3 is 5.97 Å². The molecule has 0 radical (unpaired) electrons. The summed E-state index contributed by atoms with van der Waals surface area (Å²) in [6, 6.07) is -0.895. The van der Waals surface area contributed by atoms with Gasteiger partial charge in [-0.1, -0.05) is 27.7 Å². The number of nitrogens with zero attached hydrogens (tertiary/aromatic N) is 1. The third-order valence-electron chi connectivity index (χ3n) is 3.57. The summed E-state index contributed by atoms with van der Waals surface area (Å²) in [5.74, 6) is -0.754. The highest BCUT2D eigenvalue weighted by atomic mass is 32.2. The van der Waals surface area contributed by atoms with Gasteiger partial charge in [-0.05, 0) is 30.6 Å². The average Bonchev–Trinajstić information content (AvgIpc) is 2.25. The number of aliphatic carboxylic acids is 1. The normalized spacial score (nSPS) is 26.3. The second-order valence-corrected chi connectivity index (χ2v) is 8.76. The number of piperidine rings is 1. The number of carboxylic acids is 1. The lowest BCUT2D eigenvalue weighted by Crippen LogP contribution is -2.50. The second-order valence-electron chi connectivity index (χ2n) is 6.72. The van der Waals surface area contributed by atoms with Gasteiger partial charge in [0.05, 0.1) is 5.75 Å². The average molecular weight is 291 g/mol. The zero-order valence-corrected chi connectivity index (χ0v) is 13.0. The van der Waals surface area contributed by atoms with E-state index in [1.54, 1.807) is 0 Å². The Morgan fingerprint density at radius 1 is 1.37 bits per heavy atom. The number of carboxylic acid groups (broad SMARTS) is 1. The summed E-state index contributed by atoms with van der Waals surface area (Å²) in [6.07, 6.45) is 1.68. The standard InChI is InChI=1S/C13H25NO4S/c1-10-5-7-14(11(9-10)12(15)16)19(17,18)8-6-13(2,3)4/h10-11H,5-9H2,1-4H3,(H,15,16). The number of hydrogen-bond acceptors (Lipinski definition) is 3. The van der Waals surface area contributed by atoms with Crippen LogP contribution in [0.5, 0.6) is 0 Å². The fourth-order valence-electron chi connectivity index (χ4n) is 2.23. The van der Waals surface area contributed by atoms with E-state index in [0.717, 1.165) is 6.42 Å². The van der Waals surface area contributed by atoms with E-state index in [-0.39, 0.29) is 17.1 Å². The summed E-state index contributed by atoms with van der Waals surface area (Å²) in [6.45, 7) is 8.24. The Hall–Kier alpha value is -0.620. The molecule has 1 N–H and O–H groups in total. The number of rotatable bonds is 4. The first kappa shape index (κ1) is 16.4. The predicted octanol–water partition coefficient (Wildman–Crippen LogP) is 1.94. The molecule has 1 aliphatic heterocycles. The number of carbonyl (C=O) groups is 1. The molecule has 19 heavy (non-hydrogen) atoms. The minimum absolute atomic E-state index is 0.0225. The van der Waals surface area contributed by atoms with Gasteiger partial charge in [-0.2, -0.15) is 4.31 Å². The summed E-state index contributed by atoms with van der Waals surface area (Å²) >= 11 is 0. The molecule has 0 aromatic rings. The van der Waals surface area contributed by atoms with Crippen molar-refractivity contribution in [3.05, 3.63) is 0 Å². The Morgan fingerprint density at radius 2 is 1.95 bits per heavy atom. The third-order valence-corrected chi connectivity index (χ3v) is 5.44. The van der Waals surface area contributed by atoms with Crippen LogP contribution in [-0.4, -0.2) is 42.1 Å². The van der Waals surface area contributed by atoms with E-state index >= 15 is 0 Å². The van der Waals surface area contributed by atoms with E-state index in [0.29, 0.717) is 19.4 Å². The molecule has 0 saturated carbocycles. The van der Waals surface area contributed by atoms with Crippen molar-refractivity contribution in [3.63, 3.8) is 0 Å². The molecule has 1 saturated heterocycles. The lowest BCUT2D eigenvalue weighted by Gasteiger charge is -2.35. The number of hydrogen-bond donors (Lipinski definition) is 1. The molecule has 6 heteroatoms. The van der Waals surface area contributed by atoms with Crippen molar-refractivity contribution in [3.8, 4) is 0 Å². The largest absolute Gasteiger partial charge is 0.480 e. The molecule has 0 aliphatic carbocycles. The minimum Gasteiger partial charge on any atom is -0.480 e. The van der Waals surface area contributed by atoms with Gasteiger partial charge in [0.1, 0.15) is 6.04 Å². The summed E-state index contributed by atoms with van der Waals surface area (Å²) in [5.41, 5.74) is -0.0745. The molecule has 0 spiro atoms. The molecule has 112 valence electrons. The van der Waals surface area contributed by atoms with Crippen molar-refractivity contribution in [1.82, 2.24) is 4.31 Å². The molecule has 0 amide bonds. The van der Waals surface area contributed by atoms with Crippen LogP contribution in [-0.2, 0) is 14.8 Å². The maximum absolute atomic E-state index is 12.3. The van der Waals surface area contributed by atoms with Gasteiger partial charge in [-0.15, -0.1) is 0 Å². The Morgan fingerprint density at radius 3 is 2.42 bits per heavy atom. The second kappa shape index (κ2) is 5.79. The summed E-state index contributed by atoms with van der Waals surface area (Å²) < 4.78 is 25.8. The summed E-state index contributed by atoms with van der Waals surface area (Å²) in [7, 11) is -3.48. The van der Waals surface area contributed by atoms with Gasteiger partial charge in [0.15, 0.2) is 0 Å². The fourth-order valence-corrected chi connectivity index (χ4v) is 4.28. The van der Waals surface area contributed by atoms with Crippen LogP contribution >= 0.6 is 0 Å². The Balaban J connectivity index is 2.83. The first-order valence-corrected chi connectivity index (χ1v) is 8.36. The minimum atomic E-state index is -3.48. The highest BCUT2D eigenvalue weighted by Gasteiger charge is 2.38. The molecular weight excluding hydrogens is 266 g/mol. The van der Waals surface area contributed by atoms with Crippen molar-refractivity contribution in [2.45, 2.75) is 53.0 Å². The van der Waals surface area contributed by atoms with Gasteiger partial charge in [0.2, 0.25) is 10.0 Å². The van der Waals surface area contributed by atoms with Crippen LogP contribution in [0.1, 0.15) is 47.0 Å². The quantitative estimate of drug-likeness (QED) is 0.859. The summed E-state index contributed by atoms with van der Waals surface area (Å²) in [5, 5.41) is 9.21. The third kappa shape index (κ3) is 4.76. The SMILES string of the molecule is CC1CCN(S(=O)(=O)CCC(C)(C)C)C(C(=O)O)C1. The van der Waals surface area contributed by atoms with Gasteiger partial charge in [0.25, 0.3) is 0 Å². The molecule has 1 rings (SSSR count). The van der Waals surface area contributed by atoms with Crippen LogP contribution in [0.25, 0.3) is 0 Å². The lowest BCUT2D eigenvalue weighted by atomic mass is 9.94. The number of sulfonamides is 1. The van der Waals surface area contributed by atoms with Crippen molar-refractivity contribution < 1.29 is 18.3 Å². The van der Waals surface area contributed by atoms with Crippen LogP contribution in [0, 0.1) is 11.3 Å². The van der Waals surface area contributed by atoms with E-state index < -0.39 is 22.0 Å². The van der Waals surface area contributed by atoms with Gasteiger partial charge in [-0.3, -0.25) is 4.79 Å². The van der Waals surface area contributed by atoms with Crippen LogP contribution < -0.4 is 0 Å². The smallest absolute Gasteiger partial charge is 0.322 e. The van der Waals surface area contributed by atoms with Crippen LogP contribution in [0.15, 0.2) is 0 Å². The Kier molecular flexibility index (Phi) is 5.01. The van der Waals surface area contributed by atoms with Gasteiger partial charge in [0, 0.05) is 6.54 Å². The van der Waals surface area contributed by atoms with Crippen LogP contribution in [0.2, 0.25) is 0 Å². The van der Waals surface area contributed by atoms with E-state index in [2.05, 4.69) is 0 Å². The van der Waals surface area contributed by atoms with E-state index in [4.69, 9.17) is 0 Å². The molecule has 2 atom stereocenters. The first-order chi connectivity index (χ1) is 8.53. The predicted molar refractivity (Wildman–Crippen MR) is 74.4 cm³/mol. The van der Waals surface area contributed by atoms with Gasteiger partial charge in [-0.25, -0.2) is 8.42 Å². The molecule has 1 fully saturated rings. The molecule has 1 heterocycles. The van der Waals surface area contributed by atoms with Gasteiger partial charge < -0.3 is 5.11 Å². The summed E-state index contributed by atoms with van der Waals surface area (Å²) in [4.78, 5) is 11.3. The molecule has 2 unspecified atom stereocenters. The van der Waals surface area contributed by atoms with E-state index in [9.17, 15) is 18.3 Å². The Bertz CT molecular complexity index is 424. The van der Waals surface area contributed by atoms with Crippen molar-refractivity contribution in [2.24, 2.45) is 11.3 Å². The van der Waals surface area contributed by atoms with Crippen LogP contribution in [0.4, 0.5) is 0 Å². The molecule has 0 aromatic carbocycles. The Labute approximate surface area is 116 Å². The van der Waals surface area contributed by atoms with E-state index in [1.807, 2.05) is 27.7 Å². The molecule has 0 bridgehead atoms. The highest BCUT2D eigenvalue weighted by molar-refractivity contribution is 7.89. The van der Waals surface area contributed by atoms with Crippen molar-refractivity contribution >= 4 is 16.0 Å². The highest BCUT2D eigenvalue weighted by Crippen LogP contribution is 2.27. The first-order valence-electron chi connectivity index (χ1n) is 6.75. The monoisotopic (exact) mass is 291 g/mol. The maximum atomic E-state index is 12.3. The zero-order chi connectivity index (χ0) is 14.8. The topological polar surface area (TPSA) is 74.7 Å². The van der Waals surface area contributed by atoms with Crippen LogP contribution in [0.3, 0.4) is 0 Å². The molecule has 5 nitrogen and oxygen atoms in total. The van der Waals surface area contributed by atoms with Crippen molar-refractivity contribution in [2.75, 3.05) is 12.3 Å². The maximum Gasteiger partial charge on any atom is 0.322 e. The molecular formula is C13H25NO4S. The lowest BCUT2D eigenvalue weighted by molar-refractivity contribution is -0.142. The molecule has 1 aliphatic rings. The molecule has 0 aromatic heterocycles.